The van der Waals surface area contributed by atoms with E-state index >= 15 is 0 Å². The van der Waals surface area contributed by atoms with Crippen LogP contribution in [-0.4, -0.2) is 31.4 Å². The molecule has 2 rings (SSSR count). The van der Waals surface area contributed by atoms with Crippen LogP contribution >= 0.6 is 11.8 Å². The Labute approximate surface area is 153 Å². The lowest BCUT2D eigenvalue weighted by molar-refractivity contribution is -0.119. The van der Waals surface area contributed by atoms with Gasteiger partial charge in [0.15, 0.2) is 0 Å². The molecule has 2 aromatic carbocycles. The second-order valence-electron chi connectivity index (χ2n) is 5.93. The molecule has 1 atom stereocenters. The molecule has 1 amide bonds. The average molecular weight is 359 g/mol. The summed E-state index contributed by atoms with van der Waals surface area (Å²) in [6.07, 6.45) is 0. The highest BCUT2D eigenvalue weighted by Crippen LogP contribution is 2.16. The summed E-state index contributed by atoms with van der Waals surface area (Å²) in [7, 11) is 1.65. The Hall–Kier alpha value is -2.14. The fourth-order valence-corrected chi connectivity index (χ4v) is 3.00. The zero-order valence-corrected chi connectivity index (χ0v) is 15.8. The largest absolute Gasteiger partial charge is 0.497 e. The molecule has 0 saturated carbocycles. The zero-order chi connectivity index (χ0) is 18.1. The van der Waals surface area contributed by atoms with Crippen molar-refractivity contribution < 1.29 is 14.3 Å². The van der Waals surface area contributed by atoms with Gasteiger partial charge in [0.1, 0.15) is 18.1 Å². The molecule has 0 saturated heterocycles. The van der Waals surface area contributed by atoms with Gasteiger partial charge in [-0.3, -0.25) is 4.79 Å². The smallest absolute Gasteiger partial charge is 0.230 e. The Balaban J connectivity index is 1.64. The summed E-state index contributed by atoms with van der Waals surface area (Å²) in [5.41, 5.74) is 2.37. The molecule has 0 fully saturated rings. The highest BCUT2D eigenvalue weighted by Gasteiger charge is 2.08. The molecule has 1 N–H and O–H groups in total. The number of carbonyl (C=O) groups excluding carboxylic acids is 1. The van der Waals surface area contributed by atoms with Crippen molar-refractivity contribution in [3.05, 3.63) is 59.7 Å². The van der Waals surface area contributed by atoms with E-state index in [4.69, 9.17) is 9.47 Å². The van der Waals surface area contributed by atoms with E-state index in [1.54, 1.807) is 18.9 Å². The van der Waals surface area contributed by atoms with Crippen LogP contribution in [0.15, 0.2) is 48.5 Å². The molecule has 0 spiro atoms. The van der Waals surface area contributed by atoms with Gasteiger partial charge in [0.2, 0.25) is 5.91 Å². The molecule has 0 bridgehead atoms. The quantitative estimate of drug-likeness (QED) is 0.739. The SMILES string of the molecule is COc1ccc(CSCC(=O)NC(C)COc2ccc(C)cc2)cc1. The van der Waals surface area contributed by atoms with Gasteiger partial charge in [-0.05, 0) is 43.7 Å². The lowest BCUT2D eigenvalue weighted by Gasteiger charge is -2.15. The number of hydrogen-bond acceptors (Lipinski definition) is 4. The molecule has 4 nitrogen and oxygen atoms in total. The predicted molar refractivity (Wildman–Crippen MR) is 103 cm³/mol. The van der Waals surface area contributed by atoms with Crippen molar-refractivity contribution in [2.75, 3.05) is 19.5 Å². The zero-order valence-electron chi connectivity index (χ0n) is 15.0. The minimum atomic E-state index is -0.0320. The van der Waals surface area contributed by atoms with E-state index < -0.39 is 0 Å². The van der Waals surface area contributed by atoms with Crippen LogP contribution in [0.1, 0.15) is 18.1 Å². The van der Waals surface area contributed by atoms with Crippen molar-refractivity contribution >= 4 is 17.7 Å². The van der Waals surface area contributed by atoms with E-state index in [2.05, 4.69) is 5.32 Å². The number of ether oxygens (including phenoxy) is 2. The first-order chi connectivity index (χ1) is 12.1. The Morgan fingerprint density at radius 1 is 1.08 bits per heavy atom. The first-order valence-corrected chi connectivity index (χ1v) is 9.42. The number of benzene rings is 2. The van der Waals surface area contributed by atoms with Crippen molar-refractivity contribution in [2.24, 2.45) is 0 Å². The first kappa shape index (κ1) is 19.2. The fraction of sp³-hybridized carbons (Fsp3) is 0.350. The Kier molecular flexibility index (Phi) is 7.67. The number of thioether (sulfide) groups is 1. The topological polar surface area (TPSA) is 47.6 Å². The maximum atomic E-state index is 12.0. The number of rotatable bonds is 9. The maximum Gasteiger partial charge on any atom is 0.230 e. The predicted octanol–water partition coefficient (Wildman–Crippen LogP) is 3.82. The summed E-state index contributed by atoms with van der Waals surface area (Å²) in [6, 6.07) is 15.8. The summed E-state index contributed by atoms with van der Waals surface area (Å²) in [6.45, 7) is 4.44. The van der Waals surface area contributed by atoms with Crippen LogP contribution in [0.2, 0.25) is 0 Å². The summed E-state index contributed by atoms with van der Waals surface area (Å²) in [5, 5.41) is 2.96. The van der Waals surface area contributed by atoms with Crippen LogP contribution in [0.3, 0.4) is 0 Å². The molecule has 0 aliphatic heterocycles. The van der Waals surface area contributed by atoms with Gasteiger partial charge in [-0.2, -0.15) is 0 Å². The Bertz CT molecular complexity index is 656. The van der Waals surface area contributed by atoms with E-state index in [1.165, 1.54) is 11.1 Å². The normalized spacial score (nSPS) is 11.6. The number of carbonyl (C=O) groups is 1. The highest BCUT2D eigenvalue weighted by atomic mass is 32.2. The number of methoxy groups -OCH3 is 1. The lowest BCUT2D eigenvalue weighted by Crippen LogP contribution is -2.37. The molecule has 2 aromatic rings. The molecule has 0 aliphatic rings. The van der Waals surface area contributed by atoms with Crippen LogP contribution in [0.25, 0.3) is 0 Å². The van der Waals surface area contributed by atoms with Gasteiger partial charge in [0.05, 0.1) is 18.9 Å². The number of aryl methyl sites for hydroxylation is 1. The average Bonchev–Trinajstić information content (AvgIpc) is 2.62. The molecule has 5 heteroatoms. The third-order valence-electron chi connectivity index (χ3n) is 3.59. The first-order valence-electron chi connectivity index (χ1n) is 8.26. The van der Waals surface area contributed by atoms with Crippen LogP contribution in [0.5, 0.6) is 11.5 Å². The van der Waals surface area contributed by atoms with Crippen molar-refractivity contribution in [2.45, 2.75) is 25.6 Å². The third kappa shape index (κ3) is 7.10. The van der Waals surface area contributed by atoms with E-state index in [-0.39, 0.29) is 11.9 Å². The van der Waals surface area contributed by atoms with Crippen molar-refractivity contribution in [3.63, 3.8) is 0 Å². The van der Waals surface area contributed by atoms with E-state index in [1.807, 2.05) is 62.4 Å². The van der Waals surface area contributed by atoms with E-state index in [9.17, 15) is 4.79 Å². The fourth-order valence-electron chi connectivity index (χ4n) is 2.20. The molecule has 134 valence electrons. The minimum Gasteiger partial charge on any atom is -0.497 e. The van der Waals surface area contributed by atoms with Gasteiger partial charge in [0, 0.05) is 5.75 Å². The summed E-state index contributed by atoms with van der Waals surface area (Å²) in [5.74, 6) is 2.92. The Morgan fingerprint density at radius 2 is 1.72 bits per heavy atom. The van der Waals surface area contributed by atoms with E-state index in [0.717, 1.165) is 17.3 Å². The van der Waals surface area contributed by atoms with Crippen LogP contribution in [0.4, 0.5) is 0 Å². The van der Waals surface area contributed by atoms with Gasteiger partial charge in [-0.25, -0.2) is 0 Å². The molecular weight excluding hydrogens is 334 g/mol. The van der Waals surface area contributed by atoms with Gasteiger partial charge < -0.3 is 14.8 Å². The van der Waals surface area contributed by atoms with Gasteiger partial charge in [0.25, 0.3) is 0 Å². The highest BCUT2D eigenvalue weighted by molar-refractivity contribution is 7.99. The molecule has 1 unspecified atom stereocenters. The summed E-state index contributed by atoms with van der Waals surface area (Å²) < 4.78 is 10.8. The minimum absolute atomic E-state index is 0.0264. The second kappa shape index (κ2) is 9.99. The number of amides is 1. The Morgan fingerprint density at radius 3 is 2.36 bits per heavy atom. The van der Waals surface area contributed by atoms with Gasteiger partial charge >= 0.3 is 0 Å². The van der Waals surface area contributed by atoms with Gasteiger partial charge in [-0.15, -0.1) is 11.8 Å². The number of hydrogen-bond donors (Lipinski definition) is 1. The van der Waals surface area contributed by atoms with Crippen molar-refractivity contribution in [1.82, 2.24) is 5.32 Å². The van der Waals surface area contributed by atoms with Crippen LogP contribution in [0, 0.1) is 6.92 Å². The van der Waals surface area contributed by atoms with Crippen LogP contribution in [-0.2, 0) is 10.5 Å². The van der Waals surface area contributed by atoms with Crippen molar-refractivity contribution in [1.29, 1.82) is 0 Å². The summed E-state index contributed by atoms with van der Waals surface area (Å²) >= 11 is 1.59. The number of nitrogens with one attached hydrogen (secondary N) is 1. The second-order valence-corrected chi connectivity index (χ2v) is 6.92. The van der Waals surface area contributed by atoms with Crippen molar-refractivity contribution in [3.8, 4) is 11.5 Å². The molecule has 0 radical (unpaired) electrons. The molecule has 25 heavy (non-hydrogen) atoms. The molecule has 0 aliphatic carbocycles. The monoisotopic (exact) mass is 359 g/mol. The third-order valence-corrected chi connectivity index (χ3v) is 4.59. The van der Waals surface area contributed by atoms with Gasteiger partial charge in [-0.1, -0.05) is 29.8 Å². The molecular formula is C20H25NO3S. The van der Waals surface area contributed by atoms with Crippen LogP contribution < -0.4 is 14.8 Å². The standard InChI is InChI=1S/C20H25NO3S/c1-15-4-8-19(9-5-15)24-12-16(2)21-20(22)14-25-13-17-6-10-18(23-3)11-7-17/h4-11,16H,12-14H2,1-3H3,(H,21,22). The lowest BCUT2D eigenvalue weighted by atomic mass is 10.2. The molecule has 0 aromatic heterocycles. The summed E-state index contributed by atoms with van der Waals surface area (Å²) in [4.78, 5) is 12.0. The molecule has 0 heterocycles. The maximum absolute atomic E-state index is 12.0. The van der Waals surface area contributed by atoms with E-state index in [0.29, 0.717) is 12.4 Å².